The van der Waals surface area contributed by atoms with Crippen LogP contribution in [0, 0.1) is 6.92 Å². The lowest BCUT2D eigenvalue weighted by Gasteiger charge is -2.18. The molecule has 0 aliphatic heterocycles. The maximum Gasteiger partial charge on any atom is 0.178 e. The van der Waals surface area contributed by atoms with Crippen molar-refractivity contribution in [2.45, 2.75) is 33.1 Å². The number of hydrogen-bond donors (Lipinski definition) is 0. The predicted molar refractivity (Wildman–Crippen MR) is 104 cm³/mol. The molecule has 0 unspecified atom stereocenters. The molecule has 0 spiro atoms. The van der Waals surface area contributed by atoms with Gasteiger partial charge in [0.25, 0.3) is 0 Å². The Labute approximate surface area is 146 Å². The summed E-state index contributed by atoms with van der Waals surface area (Å²) in [7, 11) is 0. The zero-order chi connectivity index (χ0) is 17.3. The summed E-state index contributed by atoms with van der Waals surface area (Å²) in [5.74, 6) is 0. The van der Waals surface area contributed by atoms with Gasteiger partial charge in [-0.15, -0.1) is 0 Å². The minimum atomic E-state index is 0.110. The second kappa shape index (κ2) is 4.66. The summed E-state index contributed by atoms with van der Waals surface area (Å²) >= 11 is 0. The summed E-state index contributed by atoms with van der Waals surface area (Å²) in [6.07, 6.45) is 0. The molecule has 3 aromatic carbocycles. The summed E-state index contributed by atoms with van der Waals surface area (Å²) in [5, 5.41) is 4.52. The van der Waals surface area contributed by atoms with Crippen molar-refractivity contribution in [3.63, 3.8) is 0 Å². The van der Waals surface area contributed by atoms with E-state index in [2.05, 4.69) is 76.2 Å². The quantitative estimate of drug-likeness (QED) is 0.303. The van der Waals surface area contributed by atoms with Crippen molar-refractivity contribution in [1.29, 1.82) is 0 Å². The smallest absolute Gasteiger partial charge is 0.178 e. The Morgan fingerprint density at radius 2 is 1.28 bits per heavy atom. The molecule has 5 aromatic rings. The van der Waals surface area contributed by atoms with Crippen LogP contribution < -0.4 is 0 Å². The summed E-state index contributed by atoms with van der Waals surface area (Å²) in [6.45, 7) is 8.78. The first-order valence-corrected chi connectivity index (χ1v) is 8.70. The van der Waals surface area contributed by atoms with Gasteiger partial charge in [-0.25, -0.2) is 0 Å². The number of rotatable bonds is 0. The van der Waals surface area contributed by atoms with E-state index >= 15 is 0 Å². The number of benzene rings is 3. The molecule has 124 valence electrons. The Bertz CT molecular complexity index is 1280. The van der Waals surface area contributed by atoms with E-state index in [4.69, 9.17) is 8.83 Å². The van der Waals surface area contributed by atoms with Gasteiger partial charge < -0.3 is 8.83 Å². The molecule has 0 N–H and O–H groups in total. The third-order valence-corrected chi connectivity index (χ3v) is 5.10. The van der Waals surface area contributed by atoms with Gasteiger partial charge in [0.1, 0.15) is 11.2 Å². The van der Waals surface area contributed by atoms with Crippen molar-refractivity contribution in [3.8, 4) is 0 Å². The Kier molecular flexibility index (Phi) is 2.72. The molecule has 0 saturated heterocycles. The molecule has 2 nitrogen and oxygen atoms in total. The van der Waals surface area contributed by atoms with Gasteiger partial charge in [0.15, 0.2) is 11.2 Å². The van der Waals surface area contributed by atoms with E-state index in [9.17, 15) is 0 Å². The molecule has 0 amide bonds. The van der Waals surface area contributed by atoms with E-state index in [1.54, 1.807) is 0 Å². The standard InChI is InChI=1S/C23H20O2/c1-13-5-7-15-16-8-9-17-18-12-14(23(2,3)4)6-10-19(18)24-22(17)21(16)25-20(15)11-13/h5-12H,1-4H3. The largest absolute Gasteiger partial charge is 0.452 e. The molecule has 0 saturated carbocycles. The Balaban J connectivity index is 1.91. The fourth-order valence-electron chi connectivity index (χ4n) is 3.64. The van der Waals surface area contributed by atoms with Crippen LogP contribution in [0.4, 0.5) is 0 Å². The lowest BCUT2D eigenvalue weighted by molar-refractivity contribution is 0.590. The first kappa shape index (κ1) is 14.6. The summed E-state index contributed by atoms with van der Waals surface area (Å²) < 4.78 is 12.4. The molecule has 0 radical (unpaired) electrons. The number of furan rings is 2. The SMILES string of the molecule is Cc1ccc2c(c1)oc1c2ccc2c3cc(C(C)(C)C)ccc3oc21. The van der Waals surface area contributed by atoms with Crippen molar-refractivity contribution >= 4 is 43.9 Å². The highest BCUT2D eigenvalue weighted by atomic mass is 16.4. The highest BCUT2D eigenvalue weighted by Gasteiger charge is 2.19. The van der Waals surface area contributed by atoms with Crippen molar-refractivity contribution in [2.24, 2.45) is 0 Å². The third kappa shape index (κ3) is 2.03. The Morgan fingerprint density at radius 3 is 2.00 bits per heavy atom. The molecule has 5 rings (SSSR count). The summed E-state index contributed by atoms with van der Waals surface area (Å²) in [4.78, 5) is 0. The van der Waals surface area contributed by atoms with E-state index in [-0.39, 0.29) is 5.41 Å². The fourth-order valence-corrected chi connectivity index (χ4v) is 3.64. The van der Waals surface area contributed by atoms with Gasteiger partial charge >= 0.3 is 0 Å². The zero-order valence-electron chi connectivity index (χ0n) is 14.9. The molecule has 0 bridgehead atoms. The molecule has 0 atom stereocenters. The molecule has 2 heterocycles. The van der Waals surface area contributed by atoms with Crippen LogP contribution in [0.25, 0.3) is 43.9 Å². The van der Waals surface area contributed by atoms with Crippen LogP contribution in [-0.4, -0.2) is 0 Å². The first-order chi connectivity index (χ1) is 11.9. The summed E-state index contributed by atoms with van der Waals surface area (Å²) in [6, 6.07) is 17.1. The second-order valence-corrected chi connectivity index (χ2v) is 7.98. The monoisotopic (exact) mass is 328 g/mol. The Morgan fingerprint density at radius 1 is 0.640 bits per heavy atom. The van der Waals surface area contributed by atoms with Crippen LogP contribution in [0.15, 0.2) is 57.4 Å². The van der Waals surface area contributed by atoms with Crippen LogP contribution in [0.2, 0.25) is 0 Å². The van der Waals surface area contributed by atoms with Crippen LogP contribution in [-0.2, 0) is 5.41 Å². The van der Waals surface area contributed by atoms with Gasteiger partial charge in [-0.1, -0.05) is 39.0 Å². The third-order valence-electron chi connectivity index (χ3n) is 5.10. The van der Waals surface area contributed by atoms with E-state index < -0.39 is 0 Å². The number of fused-ring (bicyclic) bond motifs is 7. The minimum absolute atomic E-state index is 0.110. The molecule has 2 heteroatoms. The average molecular weight is 328 g/mol. The molecular weight excluding hydrogens is 308 g/mol. The number of aryl methyl sites for hydroxylation is 1. The molecule has 0 aliphatic rings. The average Bonchev–Trinajstić information content (AvgIpc) is 3.10. The van der Waals surface area contributed by atoms with Gasteiger partial charge in [0, 0.05) is 21.5 Å². The van der Waals surface area contributed by atoms with Crippen molar-refractivity contribution in [2.75, 3.05) is 0 Å². The second-order valence-electron chi connectivity index (χ2n) is 7.98. The summed E-state index contributed by atoms with van der Waals surface area (Å²) in [5.41, 5.74) is 6.12. The molecule has 0 fully saturated rings. The van der Waals surface area contributed by atoms with Crippen LogP contribution in [0.5, 0.6) is 0 Å². The molecular formula is C23H20O2. The predicted octanol–water partition coefficient (Wildman–Crippen LogP) is 7.09. The van der Waals surface area contributed by atoms with Crippen molar-refractivity contribution < 1.29 is 8.83 Å². The fraction of sp³-hybridized carbons (Fsp3) is 0.217. The first-order valence-electron chi connectivity index (χ1n) is 8.70. The number of hydrogen-bond acceptors (Lipinski definition) is 2. The van der Waals surface area contributed by atoms with Gasteiger partial charge in [0.2, 0.25) is 0 Å². The lowest BCUT2D eigenvalue weighted by Crippen LogP contribution is -2.10. The Hall–Kier alpha value is -2.74. The minimum Gasteiger partial charge on any atom is -0.452 e. The van der Waals surface area contributed by atoms with Crippen LogP contribution in [0.1, 0.15) is 31.9 Å². The maximum absolute atomic E-state index is 6.20. The van der Waals surface area contributed by atoms with Gasteiger partial charge in [-0.2, -0.15) is 0 Å². The van der Waals surface area contributed by atoms with Crippen molar-refractivity contribution in [1.82, 2.24) is 0 Å². The van der Waals surface area contributed by atoms with E-state index in [1.165, 1.54) is 11.1 Å². The highest BCUT2D eigenvalue weighted by molar-refractivity contribution is 6.18. The van der Waals surface area contributed by atoms with Gasteiger partial charge in [-0.3, -0.25) is 0 Å². The van der Waals surface area contributed by atoms with E-state index in [0.29, 0.717) is 0 Å². The van der Waals surface area contributed by atoms with Gasteiger partial charge in [-0.05, 0) is 53.8 Å². The van der Waals surface area contributed by atoms with E-state index in [1.807, 2.05) is 0 Å². The van der Waals surface area contributed by atoms with Crippen LogP contribution >= 0.6 is 0 Å². The molecule has 25 heavy (non-hydrogen) atoms. The molecule has 0 aliphatic carbocycles. The lowest BCUT2D eigenvalue weighted by atomic mass is 9.86. The van der Waals surface area contributed by atoms with Crippen LogP contribution in [0.3, 0.4) is 0 Å². The zero-order valence-corrected chi connectivity index (χ0v) is 14.9. The highest BCUT2D eigenvalue weighted by Crippen LogP contribution is 2.39. The maximum atomic E-state index is 6.20. The molecule has 2 aromatic heterocycles. The van der Waals surface area contributed by atoms with Gasteiger partial charge in [0.05, 0.1) is 0 Å². The van der Waals surface area contributed by atoms with E-state index in [0.717, 1.165) is 43.9 Å². The topological polar surface area (TPSA) is 26.3 Å². The van der Waals surface area contributed by atoms with Crippen molar-refractivity contribution in [3.05, 3.63) is 59.7 Å². The normalized spacial score (nSPS) is 12.8.